The molecule has 0 aliphatic heterocycles. The van der Waals surface area contributed by atoms with E-state index in [1.165, 1.54) is 7.11 Å². The average molecular weight is 300 g/mol. The zero-order valence-corrected chi connectivity index (χ0v) is 9.42. The van der Waals surface area contributed by atoms with Gasteiger partial charge in [0.15, 0.2) is 17.7 Å². The number of carbonyl (C=O) groups excluding carboxylic acids is 1. The van der Waals surface area contributed by atoms with Gasteiger partial charge in [-0.2, -0.15) is 0 Å². The summed E-state index contributed by atoms with van der Waals surface area (Å²) in [7, 11) is 1.27. The van der Waals surface area contributed by atoms with Gasteiger partial charge in [-0.3, -0.25) is 4.79 Å². The summed E-state index contributed by atoms with van der Waals surface area (Å²) in [6, 6.07) is 1.16. The van der Waals surface area contributed by atoms with Gasteiger partial charge >= 0.3 is 6.36 Å². The fraction of sp³-hybridized carbons (Fsp3) is 0.250. The fourth-order valence-electron chi connectivity index (χ4n) is 0.899. The maximum atomic E-state index is 12.0. The zero-order valence-electron chi connectivity index (χ0n) is 7.84. The average Bonchev–Trinajstić information content (AvgIpc) is 2.19. The van der Waals surface area contributed by atoms with E-state index in [0.29, 0.717) is 0 Å². The molecule has 0 amide bonds. The van der Waals surface area contributed by atoms with Crippen molar-refractivity contribution in [1.29, 1.82) is 0 Å². The highest BCUT2D eigenvalue weighted by atomic mass is 79.9. The first-order valence-electron chi connectivity index (χ1n) is 3.83. The van der Waals surface area contributed by atoms with Crippen LogP contribution < -0.4 is 9.47 Å². The Hall–Kier alpha value is -1.31. The van der Waals surface area contributed by atoms with Gasteiger partial charge < -0.3 is 9.47 Å². The summed E-state index contributed by atoms with van der Waals surface area (Å²) in [6.07, 6.45) is -4.75. The number of halogens is 4. The van der Waals surface area contributed by atoms with Crippen LogP contribution in [0.15, 0.2) is 10.5 Å². The van der Waals surface area contributed by atoms with Crippen molar-refractivity contribution in [3.63, 3.8) is 0 Å². The summed E-state index contributed by atoms with van der Waals surface area (Å²) >= 11 is 2.83. The first-order chi connectivity index (χ1) is 7.37. The second kappa shape index (κ2) is 4.69. The van der Waals surface area contributed by atoms with E-state index in [0.717, 1.165) is 6.07 Å². The molecule has 0 saturated heterocycles. The number of aldehydes is 1. The molecule has 0 aromatic carbocycles. The van der Waals surface area contributed by atoms with E-state index in [1.807, 2.05) is 0 Å². The van der Waals surface area contributed by atoms with Gasteiger partial charge in [-0.25, -0.2) is 4.98 Å². The van der Waals surface area contributed by atoms with Crippen LogP contribution in [0.3, 0.4) is 0 Å². The van der Waals surface area contributed by atoms with Crippen LogP contribution in [-0.4, -0.2) is 24.7 Å². The molecule has 1 aromatic heterocycles. The molecule has 88 valence electrons. The molecule has 0 atom stereocenters. The van der Waals surface area contributed by atoms with Gasteiger partial charge in [0.2, 0.25) is 5.88 Å². The van der Waals surface area contributed by atoms with Crippen LogP contribution in [0.1, 0.15) is 10.5 Å². The van der Waals surface area contributed by atoms with E-state index in [-0.39, 0.29) is 16.6 Å². The Kier molecular flexibility index (Phi) is 3.74. The number of methoxy groups -OCH3 is 1. The normalized spacial score (nSPS) is 11.1. The number of hydrogen-bond acceptors (Lipinski definition) is 4. The Morgan fingerprint density at radius 2 is 2.12 bits per heavy atom. The molecule has 0 saturated carbocycles. The first kappa shape index (κ1) is 12.8. The van der Waals surface area contributed by atoms with E-state index >= 15 is 0 Å². The Morgan fingerprint density at radius 3 is 2.56 bits per heavy atom. The van der Waals surface area contributed by atoms with E-state index in [2.05, 4.69) is 30.4 Å². The molecule has 16 heavy (non-hydrogen) atoms. The van der Waals surface area contributed by atoms with E-state index in [1.54, 1.807) is 0 Å². The van der Waals surface area contributed by atoms with Crippen molar-refractivity contribution in [2.24, 2.45) is 0 Å². The van der Waals surface area contributed by atoms with Crippen molar-refractivity contribution in [3.05, 3.63) is 16.2 Å². The number of hydrogen-bond donors (Lipinski definition) is 0. The summed E-state index contributed by atoms with van der Waals surface area (Å²) in [5.74, 6) is -0.688. The number of carbonyl (C=O) groups is 1. The van der Waals surface area contributed by atoms with Crippen LogP contribution >= 0.6 is 15.9 Å². The Labute approximate surface area is 96.5 Å². The van der Waals surface area contributed by atoms with Crippen molar-refractivity contribution in [1.82, 2.24) is 4.98 Å². The van der Waals surface area contributed by atoms with Gasteiger partial charge in [-0.1, -0.05) is 0 Å². The second-order valence-electron chi connectivity index (χ2n) is 2.53. The molecule has 4 nitrogen and oxygen atoms in total. The molecule has 1 heterocycles. The predicted molar refractivity (Wildman–Crippen MR) is 50.6 cm³/mol. The molecule has 0 N–H and O–H groups in total. The van der Waals surface area contributed by atoms with E-state index in [9.17, 15) is 18.0 Å². The summed E-state index contributed by atoms with van der Waals surface area (Å²) in [5, 5.41) is 0. The lowest BCUT2D eigenvalue weighted by Gasteiger charge is -2.12. The number of aromatic nitrogens is 1. The van der Waals surface area contributed by atoms with Crippen molar-refractivity contribution >= 4 is 22.2 Å². The Morgan fingerprint density at radius 1 is 1.50 bits per heavy atom. The lowest BCUT2D eigenvalue weighted by atomic mass is 10.3. The van der Waals surface area contributed by atoms with Crippen LogP contribution in [0.4, 0.5) is 13.2 Å². The van der Waals surface area contributed by atoms with Crippen LogP contribution in [-0.2, 0) is 0 Å². The van der Waals surface area contributed by atoms with Gasteiger partial charge in [-0.05, 0) is 15.9 Å². The van der Waals surface area contributed by atoms with Crippen LogP contribution in [0.2, 0.25) is 0 Å². The SMILES string of the molecule is COc1cc(Br)c(OC(F)(F)F)c(C=O)n1. The Bertz CT molecular complexity index is 408. The monoisotopic (exact) mass is 299 g/mol. The molecule has 0 unspecified atom stereocenters. The van der Waals surface area contributed by atoms with Gasteiger partial charge in [0.05, 0.1) is 11.6 Å². The third kappa shape index (κ3) is 3.09. The molecule has 0 aliphatic rings. The Balaban J connectivity index is 3.22. The van der Waals surface area contributed by atoms with Crippen LogP contribution in [0.25, 0.3) is 0 Å². The third-order valence-corrected chi connectivity index (χ3v) is 2.06. The molecule has 0 fully saturated rings. The highest BCUT2D eigenvalue weighted by Crippen LogP contribution is 2.34. The van der Waals surface area contributed by atoms with Crippen molar-refractivity contribution in [2.45, 2.75) is 6.36 Å². The summed E-state index contributed by atoms with van der Waals surface area (Å²) in [6.45, 7) is 0. The van der Waals surface area contributed by atoms with E-state index in [4.69, 9.17) is 0 Å². The zero-order chi connectivity index (χ0) is 12.3. The molecule has 1 rings (SSSR count). The number of pyridine rings is 1. The summed E-state index contributed by atoms with van der Waals surface area (Å²) in [5.41, 5.74) is -0.497. The molecule has 0 radical (unpaired) electrons. The van der Waals surface area contributed by atoms with Gasteiger partial charge in [-0.15, -0.1) is 13.2 Å². The molecule has 8 heteroatoms. The number of alkyl halides is 3. The minimum Gasteiger partial charge on any atom is -0.481 e. The minimum atomic E-state index is -4.89. The summed E-state index contributed by atoms with van der Waals surface area (Å²) < 4.78 is 44.3. The van der Waals surface area contributed by atoms with Crippen molar-refractivity contribution < 1.29 is 27.4 Å². The maximum absolute atomic E-state index is 12.0. The molecule has 0 spiro atoms. The standard InChI is InChI=1S/C8H5BrF3NO3/c1-15-6-2-4(9)7(5(3-14)13-6)16-8(10,11)12/h2-3H,1H3. The molecular formula is C8H5BrF3NO3. The summed E-state index contributed by atoms with van der Waals surface area (Å²) in [4.78, 5) is 14.1. The van der Waals surface area contributed by atoms with Crippen LogP contribution in [0, 0.1) is 0 Å². The predicted octanol–water partition coefficient (Wildman–Crippen LogP) is 2.56. The topological polar surface area (TPSA) is 48.4 Å². The van der Waals surface area contributed by atoms with E-state index < -0.39 is 17.8 Å². The van der Waals surface area contributed by atoms with Crippen LogP contribution in [0.5, 0.6) is 11.6 Å². The number of nitrogens with zero attached hydrogens (tertiary/aromatic N) is 1. The molecule has 0 aliphatic carbocycles. The maximum Gasteiger partial charge on any atom is 0.573 e. The highest BCUT2D eigenvalue weighted by molar-refractivity contribution is 9.10. The largest absolute Gasteiger partial charge is 0.573 e. The van der Waals surface area contributed by atoms with Crippen molar-refractivity contribution in [3.8, 4) is 11.6 Å². The molecule has 0 bridgehead atoms. The lowest BCUT2D eigenvalue weighted by Crippen LogP contribution is -2.19. The second-order valence-corrected chi connectivity index (χ2v) is 3.38. The molecule has 1 aromatic rings. The quantitative estimate of drug-likeness (QED) is 0.805. The minimum absolute atomic E-state index is 0.00324. The number of ether oxygens (including phenoxy) is 2. The van der Waals surface area contributed by atoms with Gasteiger partial charge in [0, 0.05) is 6.07 Å². The third-order valence-electron chi connectivity index (χ3n) is 1.47. The van der Waals surface area contributed by atoms with Crippen molar-refractivity contribution in [2.75, 3.05) is 7.11 Å². The highest BCUT2D eigenvalue weighted by Gasteiger charge is 2.33. The van der Waals surface area contributed by atoms with Gasteiger partial charge in [0.1, 0.15) is 0 Å². The number of rotatable bonds is 3. The lowest BCUT2D eigenvalue weighted by molar-refractivity contribution is -0.275. The fourth-order valence-corrected chi connectivity index (χ4v) is 1.38. The first-order valence-corrected chi connectivity index (χ1v) is 4.62. The van der Waals surface area contributed by atoms with Gasteiger partial charge in [0.25, 0.3) is 0 Å². The smallest absolute Gasteiger partial charge is 0.481 e. The molecular weight excluding hydrogens is 295 g/mol.